The highest BCUT2D eigenvalue weighted by Crippen LogP contribution is 1.91. The molecule has 0 rings (SSSR count). The first-order valence-electron chi connectivity index (χ1n) is 5.32. The minimum Gasteiger partial charge on any atom is -0.338 e. The van der Waals surface area contributed by atoms with Crippen LogP contribution in [0, 0.1) is 0 Å². The second kappa shape index (κ2) is 7.45. The van der Waals surface area contributed by atoms with Gasteiger partial charge >= 0.3 is 6.03 Å². The van der Waals surface area contributed by atoms with Gasteiger partial charge in [0.15, 0.2) is 0 Å². The average Bonchev–Trinajstić information content (AvgIpc) is 2.17. The van der Waals surface area contributed by atoms with Crippen LogP contribution in [0.4, 0.5) is 4.79 Å². The Morgan fingerprint density at radius 2 is 1.75 bits per heavy atom. The molecule has 0 saturated heterocycles. The molecule has 0 aliphatic carbocycles. The maximum Gasteiger partial charge on any atom is 0.314 e. The minimum atomic E-state index is -3.23. The molecule has 0 aromatic heterocycles. The summed E-state index contributed by atoms with van der Waals surface area (Å²) in [5, 5.41) is 5.14. The number of carbonyl (C=O) groups excluding carboxylic acids is 1. The summed E-state index contributed by atoms with van der Waals surface area (Å²) in [6, 6.07) is -0.317. The van der Waals surface area contributed by atoms with E-state index in [2.05, 4.69) is 10.6 Å². The summed E-state index contributed by atoms with van der Waals surface area (Å²) in [7, 11) is -0.290. The SMILES string of the molecule is CCCCNC(=O)NCCS(=O)(=O)N(C)C. The van der Waals surface area contributed by atoms with Gasteiger partial charge in [-0.3, -0.25) is 0 Å². The van der Waals surface area contributed by atoms with Crippen molar-refractivity contribution in [3.8, 4) is 0 Å². The number of nitrogens with zero attached hydrogens (tertiary/aromatic N) is 1. The topological polar surface area (TPSA) is 78.5 Å². The maximum atomic E-state index is 11.3. The van der Waals surface area contributed by atoms with E-state index in [1.165, 1.54) is 14.1 Å². The monoisotopic (exact) mass is 251 g/mol. The van der Waals surface area contributed by atoms with E-state index in [0.717, 1.165) is 17.1 Å². The molecule has 0 aliphatic heterocycles. The van der Waals surface area contributed by atoms with E-state index in [-0.39, 0.29) is 18.3 Å². The Morgan fingerprint density at radius 1 is 1.19 bits per heavy atom. The molecule has 0 heterocycles. The molecule has 0 radical (unpaired) electrons. The van der Waals surface area contributed by atoms with Crippen LogP contribution >= 0.6 is 0 Å². The quantitative estimate of drug-likeness (QED) is 0.624. The van der Waals surface area contributed by atoms with Crippen molar-refractivity contribution in [1.29, 1.82) is 0 Å². The van der Waals surface area contributed by atoms with E-state index in [9.17, 15) is 13.2 Å². The molecule has 0 aromatic rings. The summed E-state index contributed by atoms with van der Waals surface area (Å²) in [5.74, 6) is -0.0821. The number of unbranched alkanes of at least 4 members (excludes halogenated alkanes) is 1. The minimum absolute atomic E-state index is 0.0821. The fourth-order valence-corrected chi connectivity index (χ4v) is 1.64. The molecule has 0 unspecified atom stereocenters. The average molecular weight is 251 g/mol. The van der Waals surface area contributed by atoms with Crippen molar-refractivity contribution < 1.29 is 13.2 Å². The summed E-state index contributed by atoms with van der Waals surface area (Å²) in [4.78, 5) is 11.1. The maximum absolute atomic E-state index is 11.3. The fourth-order valence-electron chi connectivity index (χ4n) is 0.917. The van der Waals surface area contributed by atoms with Crippen molar-refractivity contribution in [3.63, 3.8) is 0 Å². The molecule has 0 aliphatic rings. The molecule has 0 bridgehead atoms. The van der Waals surface area contributed by atoms with Crippen LogP contribution in [0.2, 0.25) is 0 Å². The van der Waals surface area contributed by atoms with Crippen molar-refractivity contribution in [2.75, 3.05) is 32.9 Å². The normalized spacial score (nSPS) is 11.5. The first-order valence-corrected chi connectivity index (χ1v) is 6.93. The lowest BCUT2D eigenvalue weighted by Crippen LogP contribution is -2.39. The van der Waals surface area contributed by atoms with Gasteiger partial charge in [0.25, 0.3) is 0 Å². The molecule has 96 valence electrons. The molecule has 16 heavy (non-hydrogen) atoms. The Hall–Kier alpha value is -0.820. The van der Waals surface area contributed by atoms with Crippen LogP contribution < -0.4 is 10.6 Å². The van der Waals surface area contributed by atoms with Crippen LogP contribution in [0.15, 0.2) is 0 Å². The van der Waals surface area contributed by atoms with E-state index < -0.39 is 10.0 Å². The number of sulfonamides is 1. The Labute approximate surface area is 97.4 Å². The highest BCUT2D eigenvalue weighted by atomic mass is 32.2. The van der Waals surface area contributed by atoms with Gasteiger partial charge in [0.2, 0.25) is 10.0 Å². The molecule has 7 heteroatoms. The molecule has 0 atom stereocenters. The number of hydrogen-bond acceptors (Lipinski definition) is 3. The summed E-state index contributed by atoms with van der Waals surface area (Å²) >= 11 is 0. The molecule has 6 nitrogen and oxygen atoms in total. The number of nitrogens with one attached hydrogen (secondary N) is 2. The lowest BCUT2D eigenvalue weighted by atomic mass is 10.3. The summed E-state index contributed by atoms with van der Waals surface area (Å²) in [5.41, 5.74) is 0. The van der Waals surface area contributed by atoms with E-state index >= 15 is 0 Å². The smallest absolute Gasteiger partial charge is 0.314 e. The molecule has 0 spiro atoms. The van der Waals surface area contributed by atoms with Crippen LogP contribution in [0.1, 0.15) is 19.8 Å². The van der Waals surface area contributed by atoms with Crippen molar-refractivity contribution in [2.45, 2.75) is 19.8 Å². The first kappa shape index (κ1) is 15.2. The van der Waals surface area contributed by atoms with Crippen LogP contribution in [0.5, 0.6) is 0 Å². The summed E-state index contributed by atoms with van der Waals surface area (Å²) in [6.07, 6.45) is 1.93. The van der Waals surface area contributed by atoms with Gasteiger partial charge in [0.05, 0.1) is 5.75 Å². The van der Waals surface area contributed by atoms with Crippen LogP contribution in [0.3, 0.4) is 0 Å². The number of urea groups is 1. The highest BCUT2D eigenvalue weighted by molar-refractivity contribution is 7.89. The lowest BCUT2D eigenvalue weighted by Gasteiger charge is -2.11. The van der Waals surface area contributed by atoms with Crippen LogP contribution in [-0.2, 0) is 10.0 Å². The summed E-state index contributed by atoms with van der Waals surface area (Å²) in [6.45, 7) is 2.77. The van der Waals surface area contributed by atoms with Gasteiger partial charge in [0, 0.05) is 27.2 Å². The van der Waals surface area contributed by atoms with E-state index in [1.807, 2.05) is 6.92 Å². The molecule has 0 saturated carbocycles. The highest BCUT2D eigenvalue weighted by Gasteiger charge is 2.13. The van der Waals surface area contributed by atoms with Crippen LogP contribution in [-0.4, -0.2) is 51.7 Å². The van der Waals surface area contributed by atoms with Gasteiger partial charge in [-0.2, -0.15) is 0 Å². The third-order valence-electron chi connectivity index (χ3n) is 2.02. The molecular formula is C9H21N3O3S. The molecule has 0 aromatic carbocycles. The number of rotatable bonds is 7. The van der Waals surface area contributed by atoms with Crippen molar-refractivity contribution in [1.82, 2.24) is 14.9 Å². The van der Waals surface area contributed by atoms with E-state index in [1.54, 1.807) is 0 Å². The second-order valence-corrected chi connectivity index (χ2v) is 5.94. The molecule has 0 fully saturated rings. The van der Waals surface area contributed by atoms with Gasteiger partial charge in [-0.15, -0.1) is 0 Å². The van der Waals surface area contributed by atoms with Crippen molar-refractivity contribution >= 4 is 16.1 Å². The Morgan fingerprint density at radius 3 is 2.25 bits per heavy atom. The predicted octanol–water partition coefficient (Wildman–Crippen LogP) is -0.0229. The van der Waals surface area contributed by atoms with Gasteiger partial charge in [-0.25, -0.2) is 17.5 Å². The third-order valence-corrected chi connectivity index (χ3v) is 3.85. The predicted molar refractivity (Wildman–Crippen MR) is 63.8 cm³/mol. The molecule has 2 N–H and O–H groups in total. The fraction of sp³-hybridized carbons (Fsp3) is 0.889. The zero-order chi connectivity index (χ0) is 12.6. The van der Waals surface area contributed by atoms with Gasteiger partial charge < -0.3 is 10.6 Å². The van der Waals surface area contributed by atoms with Crippen molar-refractivity contribution in [2.24, 2.45) is 0 Å². The number of amides is 2. The lowest BCUT2D eigenvalue weighted by molar-refractivity contribution is 0.241. The Bertz CT molecular complexity index is 301. The van der Waals surface area contributed by atoms with Gasteiger partial charge in [0.1, 0.15) is 0 Å². The zero-order valence-electron chi connectivity index (χ0n) is 10.1. The standard InChI is InChI=1S/C9H21N3O3S/c1-4-5-6-10-9(13)11-7-8-16(14,15)12(2)3/h4-8H2,1-3H3,(H2,10,11,13). The first-order chi connectivity index (χ1) is 7.40. The van der Waals surface area contributed by atoms with E-state index in [4.69, 9.17) is 0 Å². The van der Waals surface area contributed by atoms with Crippen LogP contribution in [0.25, 0.3) is 0 Å². The summed E-state index contributed by atoms with van der Waals surface area (Å²) < 4.78 is 23.8. The Balaban J connectivity index is 3.70. The molecular weight excluding hydrogens is 230 g/mol. The van der Waals surface area contributed by atoms with Gasteiger partial charge in [-0.1, -0.05) is 13.3 Å². The second-order valence-electron chi connectivity index (χ2n) is 3.63. The molecule has 2 amide bonds. The Kier molecular flexibility index (Phi) is 7.07. The number of carbonyl (C=O) groups is 1. The van der Waals surface area contributed by atoms with E-state index in [0.29, 0.717) is 6.54 Å². The largest absolute Gasteiger partial charge is 0.338 e. The van der Waals surface area contributed by atoms with Crippen molar-refractivity contribution in [3.05, 3.63) is 0 Å². The zero-order valence-corrected chi connectivity index (χ0v) is 10.9. The number of hydrogen-bond donors (Lipinski definition) is 2. The van der Waals surface area contributed by atoms with Gasteiger partial charge in [-0.05, 0) is 6.42 Å². The third kappa shape index (κ3) is 6.62.